The van der Waals surface area contributed by atoms with Crippen molar-refractivity contribution < 1.29 is 14.7 Å². The molecule has 1 aromatic rings. The Bertz CT molecular complexity index is 415. The van der Waals surface area contributed by atoms with E-state index in [2.05, 4.69) is 5.32 Å². The molecule has 0 spiro atoms. The van der Waals surface area contributed by atoms with Crippen LogP contribution in [-0.4, -0.2) is 23.5 Å². The van der Waals surface area contributed by atoms with Crippen LogP contribution in [-0.2, 0) is 9.59 Å². The third kappa shape index (κ3) is 4.55. The van der Waals surface area contributed by atoms with Gasteiger partial charge in [0.2, 0.25) is 5.91 Å². The number of rotatable bonds is 6. The Morgan fingerprint density at radius 2 is 1.94 bits per heavy atom. The van der Waals surface area contributed by atoms with Gasteiger partial charge in [0.05, 0.1) is 6.42 Å². The molecule has 0 saturated carbocycles. The van der Waals surface area contributed by atoms with Gasteiger partial charge in [0, 0.05) is 18.7 Å². The van der Waals surface area contributed by atoms with Gasteiger partial charge in [-0.1, -0.05) is 19.1 Å². The van der Waals surface area contributed by atoms with Crippen molar-refractivity contribution in [1.29, 1.82) is 0 Å². The number of nitrogens with two attached hydrogens (primary N) is 1. The maximum atomic E-state index is 11.3. The van der Waals surface area contributed by atoms with Gasteiger partial charge in [0.1, 0.15) is 0 Å². The van der Waals surface area contributed by atoms with E-state index < -0.39 is 5.97 Å². The van der Waals surface area contributed by atoms with Gasteiger partial charge >= 0.3 is 5.97 Å². The second-order valence-corrected chi connectivity index (χ2v) is 4.21. The van der Waals surface area contributed by atoms with Crippen LogP contribution in [0, 0.1) is 0 Å². The van der Waals surface area contributed by atoms with Crippen LogP contribution in [0.1, 0.15) is 31.2 Å². The summed E-state index contributed by atoms with van der Waals surface area (Å²) in [6.07, 6.45) is 0.385. The Balaban J connectivity index is 2.62. The number of nitrogens with one attached hydrogen (secondary N) is 1. The Kier molecular flexibility index (Phi) is 5.32. The standard InChI is InChI=1S/C13H18N2O3/c1-9(8-13(17)18)10-2-4-11(5-3-10)15-12(16)6-7-14/h2-5,9H,6-8,14H2,1H3,(H,15,16)(H,17,18). The predicted molar refractivity (Wildman–Crippen MR) is 69.4 cm³/mol. The molecule has 0 aromatic heterocycles. The van der Waals surface area contributed by atoms with E-state index >= 15 is 0 Å². The molecule has 0 heterocycles. The van der Waals surface area contributed by atoms with Crippen LogP contribution < -0.4 is 11.1 Å². The van der Waals surface area contributed by atoms with Crippen LogP contribution in [0.5, 0.6) is 0 Å². The van der Waals surface area contributed by atoms with Gasteiger partial charge in [-0.15, -0.1) is 0 Å². The molecule has 0 aliphatic rings. The molecule has 1 rings (SSSR count). The number of carbonyl (C=O) groups excluding carboxylic acids is 1. The summed E-state index contributed by atoms with van der Waals surface area (Å²) in [5.41, 5.74) is 6.91. The lowest BCUT2D eigenvalue weighted by Crippen LogP contribution is -2.16. The molecule has 1 aromatic carbocycles. The molecule has 0 saturated heterocycles. The molecule has 5 heteroatoms. The first-order valence-electron chi connectivity index (χ1n) is 5.84. The topological polar surface area (TPSA) is 92.4 Å². The first kappa shape index (κ1) is 14.2. The molecule has 0 fully saturated rings. The van der Waals surface area contributed by atoms with Crippen LogP contribution in [0.3, 0.4) is 0 Å². The molecule has 1 atom stereocenters. The van der Waals surface area contributed by atoms with Crippen LogP contribution >= 0.6 is 0 Å². The smallest absolute Gasteiger partial charge is 0.303 e. The molecular formula is C13H18N2O3. The molecule has 1 amide bonds. The van der Waals surface area contributed by atoms with Crippen molar-refractivity contribution in [3.63, 3.8) is 0 Å². The first-order chi connectivity index (χ1) is 8.52. The predicted octanol–water partition coefficient (Wildman–Crippen LogP) is 1.55. The summed E-state index contributed by atoms with van der Waals surface area (Å²) in [5, 5.41) is 11.4. The Morgan fingerprint density at radius 3 is 2.44 bits per heavy atom. The van der Waals surface area contributed by atoms with E-state index in [0.717, 1.165) is 5.56 Å². The van der Waals surface area contributed by atoms with Crippen LogP contribution in [0.4, 0.5) is 5.69 Å². The molecule has 0 radical (unpaired) electrons. The van der Waals surface area contributed by atoms with Gasteiger partial charge in [0.25, 0.3) is 0 Å². The van der Waals surface area contributed by atoms with E-state index in [1.807, 2.05) is 19.1 Å². The lowest BCUT2D eigenvalue weighted by molar-refractivity contribution is -0.137. The minimum atomic E-state index is -0.817. The quantitative estimate of drug-likeness (QED) is 0.714. The molecule has 18 heavy (non-hydrogen) atoms. The highest BCUT2D eigenvalue weighted by atomic mass is 16.4. The number of benzene rings is 1. The zero-order chi connectivity index (χ0) is 13.5. The summed E-state index contributed by atoms with van der Waals surface area (Å²) < 4.78 is 0. The minimum Gasteiger partial charge on any atom is -0.481 e. The van der Waals surface area contributed by atoms with E-state index in [4.69, 9.17) is 10.8 Å². The maximum absolute atomic E-state index is 11.3. The van der Waals surface area contributed by atoms with Gasteiger partial charge in [-0.2, -0.15) is 0 Å². The molecule has 98 valence electrons. The first-order valence-corrected chi connectivity index (χ1v) is 5.84. The lowest BCUT2D eigenvalue weighted by Gasteiger charge is -2.10. The average Bonchev–Trinajstić information content (AvgIpc) is 2.29. The molecule has 0 aliphatic carbocycles. The van der Waals surface area contributed by atoms with Crippen molar-refractivity contribution >= 4 is 17.6 Å². The number of hydrogen-bond acceptors (Lipinski definition) is 3. The van der Waals surface area contributed by atoms with E-state index in [9.17, 15) is 9.59 Å². The van der Waals surface area contributed by atoms with Gasteiger partial charge in [0.15, 0.2) is 0 Å². The number of carboxylic acid groups (broad SMARTS) is 1. The Labute approximate surface area is 106 Å². The molecule has 0 bridgehead atoms. The number of aliphatic carboxylic acids is 1. The highest BCUT2D eigenvalue weighted by Gasteiger charge is 2.10. The van der Waals surface area contributed by atoms with E-state index in [1.165, 1.54) is 0 Å². The summed E-state index contributed by atoms with van der Waals surface area (Å²) in [6, 6.07) is 7.18. The summed E-state index contributed by atoms with van der Waals surface area (Å²) in [7, 11) is 0. The molecule has 1 unspecified atom stereocenters. The highest BCUT2D eigenvalue weighted by Crippen LogP contribution is 2.20. The van der Waals surface area contributed by atoms with Crippen LogP contribution in [0.25, 0.3) is 0 Å². The Morgan fingerprint density at radius 1 is 1.33 bits per heavy atom. The maximum Gasteiger partial charge on any atom is 0.303 e. The second kappa shape index (κ2) is 6.76. The minimum absolute atomic E-state index is 0.0451. The molecular weight excluding hydrogens is 232 g/mol. The van der Waals surface area contributed by atoms with E-state index in [-0.39, 0.29) is 24.7 Å². The van der Waals surface area contributed by atoms with E-state index in [0.29, 0.717) is 12.2 Å². The molecule has 4 N–H and O–H groups in total. The van der Waals surface area contributed by atoms with Crippen molar-refractivity contribution in [2.24, 2.45) is 5.73 Å². The average molecular weight is 250 g/mol. The highest BCUT2D eigenvalue weighted by molar-refractivity contribution is 5.90. The third-order valence-electron chi connectivity index (χ3n) is 2.62. The summed E-state index contributed by atoms with van der Waals surface area (Å²) in [6.45, 7) is 2.18. The van der Waals surface area contributed by atoms with Gasteiger partial charge < -0.3 is 16.2 Å². The Hall–Kier alpha value is -1.88. The van der Waals surface area contributed by atoms with Gasteiger partial charge in [-0.3, -0.25) is 9.59 Å². The van der Waals surface area contributed by atoms with Crippen molar-refractivity contribution in [3.8, 4) is 0 Å². The van der Waals surface area contributed by atoms with E-state index in [1.54, 1.807) is 12.1 Å². The van der Waals surface area contributed by atoms with Crippen molar-refractivity contribution in [3.05, 3.63) is 29.8 Å². The number of carboxylic acids is 1. The lowest BCUT2D eigenvalue weighted by atomic mass is 9.98. The number of amides is 1. The zero-order valence-electron chi connectivity index (χ0n) is 10.3. The summed E-state index contributed by atoms with van der Waals surface area (Å²) in [5.74, 6) is -0.983. The molecule has 0 aliphatic heterocycles. The normalized spacial score (nSPS) is 11.9. The molecule has 5 nitrogen and oxygen atoms in total. The summed E-state index contributed by atoms with van der Waals surface area (Å²) >= 11 is 0. The summed E-state index contributed by atoms with van der Waals surface area (Å²) in [4.78, 5) is 21.9. The van der Waals surface area contributed by atoms with Crippen LogP contribution in [0.15, 0.2) is 24.3 Å². The van der Waals surface area contributed by atoms with Crippen LogP contribution in [0.2, 0.25) is 0 Å². The largest absolute Gasteiger partial charge is 0.481 e. The van der Waals surface area contributed by atoms with Gasteiger partial charge in [-0.25, -0.2) is 0 Å². The number of carbonyl (C=O) groups is 2. The monoisotopic (exact) mass is 250 g/mol. The number of anilines is 1. The number of hydrogen-bond donors (Lipinski definition) is 3. The SMILES string of the molecule is CC(CC(=O)O)c1ccc(NC(=O)CCN)cc1. The van der Waals surface area contributed by atoms with Crippen molar-refractivity contribution in [2.45, 2.75) is 25.7 Å². The van der Waals surface area contributed by atoms with Crippen molar-refractivity contribution in [2.75, 3.05) is 11.9 Å². The third-order valence-corrected chi connectivity index (χ3v) is 2.62. The fourth-order valence-electron chi connectivity index (χ4n) is 1.63. The van der Waals surface area contributed by atoms with Gasteiger partial charge in [-0.05, 0) is 23.6 Å². The second-order valence-electron chi connectivity index (χ2n) is 4.21. The zero-order valence-corrected chi connectivity index (χ0v) is 10.3. The fourth-order valence-corrected chi connectivity index (χ4v) is 1.63. The fraction of sp³-hybridized carbons (Fsp3) is 0.385. The van der Waals surface area contributed by atoms with Crippen molar-refractivity contribution in [1.82, 2.24) is 0 Å².